The molecule has 2 rings (SSSR count). The molecule has 0 fully saturated rings. The van der Waals surface area contributed by atoms with Gasteiger partial charge in [0, 0.05) is 6.54 Å². The molecule has 0 radical (unpaired) electrons. The first kappa shape index (κ1) is 15.5. The van der Waals surface area contributed by atoms with Crippen molar-refractivity contribution in [3.63, 3.8) is 0 Å². The molecule has 2 aromatic rings. The fraction of sp³-hybridized carbons (Fsp3) is 0.188. The highest BCUT2D eigenvalue weighted by Gasteiger charge is 2.15. The second-order valence-corrected chi connectivity index (χ2v) is 4.97. The summed E-state index contributed by atoms with van der Waals surface area (Å²) in [5.74, 6) is -1.25. The number of benzene rings is 2. The van der Waals surface area contributed by atoms with Crippen LogP contribution in [-0.4, -0.2) is 17.6 Å². The highest BCUT2D eigenvalue weighted by atomic mass is 35.5. The normalized spacial score (nSPS) is 12.0. The lowest BCUT2D eigenvalue weighted by Crippen LogP contribution is -2.26. The summed E-state index contributed by atoms with van der Waals surface area (Å²) in [6, 6.07) is 13.2. The molecule has 21 heavy (non-hydrogen) atoms. The average Bonchev–Trinajstić information content (AvgIpc) is 2.48. The lowest BCUT2D eigenvalue weighted by atomic mass is 10.1. The van der Waals surface area contributed by atoms with Crippen molar-refractivity contribution in [3.8, 4) is 0 Å². The number of halogens is 2. The van der Waals surface area contributed by atoms with Crippen LogP contribution in [0.5, 0.6) is 0 Å². The largest absolute Gasteiger partial charge is 0.388 e. The third-order valence-electron chi connectivity index (χ3n) is 3.08. The minimum Gasteiger partial charge on any atom is -0.388 e. The zero-order valence-corrected chi connectivity index (χ0v) is 12.0. The van der Waals surface area contributed by atoms with E-state index in [1.165, 1.54) is 18.2 Å². The first-order valence-corrected chi connectivity index (χ1v) is 6.92. The van der Waals surface area contributed by atoms with E-state index in [9.17, 15) is 14.3 Å². The second-order valence-electron chi connectivity index (χ2n) is 4.57. The van der Waals surface area contributed by atoms with Gasteiger partial charge in [-0.3, -0.25) is 4.79 Å². The van der Waals surface area contributed by atoms with Gasteiger partial charge in [0.1, 0.15) is 5.82 Å². The molecule has 0 aliphatic rings. The Morgan fingerprint density at radius 2 is 1.90 bits per heavy atom. The molecule has 2 aromatic carbocycles. The molecule has 1 atom stereocenters. The number of aliphatic hydroxyl groups is 1. The zero-order chi connectivity index (χ0) is 15.2. The molecule has 1 amide bonds. The van der Waals surface area contributed by atoms with Crippen molar-refractivity contribution in [2.45, 2.75) is 12.5 Å². The van der Waals surface area contributed by atoms with Gasteiger partial charge in [-0.05, 0) is 24.1 Å². The molecule has 2 N–H and O–H groups in total. The van der Waals surface area contributed by atoms with Crippen LogP contribution in [0, 0.1) is 5.82 Å². The number of carbonyl (C=O) groups is 1. The number of rotatable bonds is 5. The summed E-state index contributed by atoms with van der Waals surface area (Å²) < 4.78 is 13.6. The molecule has 0 bridgehead atoms. The number of carbonyl (C=O) groups excluding carboxylic acids is 1. The van der Waals surface area contributed by atoms with E-state index in [2.05, 4.69) is 5.32 Å². The molecular formula is C16H15ClFNO2. The van der Waals surface area contributed by atoms with E-state index in [-0.39, 0.29) is 17.1 Å². The molecular weight excluding hydrogens is 293 g/mol. The molecule has 3 nitrogen and oxygen atoms in total. The Labute approximate surface area is 127 Å². The van der Waals surface area contributed by atoms with Crippen LogP contribution >= 0.6 is 11.6 Å². The SMILES string of the molecule is O=C(NCCC(O)c1ccccc1)c1c(F)cccc1Cl. The lowest BCUT2D eigenvalue weighted by Gasteiger charge is -2.12. The monoisotopic (exact) mass is 307 g/mol. The van der Waals surface area contributed by atoms with Crippen molar-refractivity contribution < 1.29 is 14.3 Å². The van der Waals surface area contributed by atoms with E-state index in [4.69, 9.17) is 11.6 Å². The van der Waals surface area contributed by atoms with E-state index in [0.29, 0.717) is 6.42 Å². The molecule has 0 aliphatic carbocycles. The third kappa shape index (κ3) is 4.03. The maximum absolute atomic E-state index is 13.6. The van der Waals surface area contributed by atoms with Gasteiger partial charge in [-0.25, -0.2) is 4.39 Å². The van der Waals surface area contributed by atoms with Crippen molar-refractivity contribution in [1.29, 1.82) is 0 Å². The van der Waals surface area contributed by atoms with E-state index in [1.54, 1.807) is 12.1 Å². The Kier molecular flexibility index (Phi) is 5.31. The summed E-state index contributed by atoms with van der Waals surface area (Å²) in [5.41, 5.74) is 0.601. The topological polar surface area (TPSA) is 49.3 Å². The van der Waals surface area contributed by atoms with Crippen LogP contribution in [0.15, 0.2) is 48.5 Å². The van der Waals surface area contributed by atoms with Crippen LogP contribution in [0.1, 0.15) is 28.4 Å². The summed E-state index contributed by atoms with van der Waals surface area (Å²) in [5, 5.41) is 12.6. The molecule has 0 spiro atoms. The van der Waals surface area contributed by atoms with Gasteiger partial charge in [0.2, 0.25) is 0 Å². The summed E-state index contributed by atoms with van der Waals surface area (Å²) in [4.78, 5) is 11.9. The van der Waals surface area contributed by atoms with Crippen LogP contribution < -0.4 is 5.32 Å². The Bertz CT molecular complexity index is 599. The molecule has 1 unspecified atom stereocenters. The van der Waals surface area contributed by atoms with Gasteiger partial charge in [0.05, 0.1) is 16.7 Å². The summed E-state index contributed by atoms with van der Waals surface area (Å²) >= 11 is 5.81. The number of hydrogen-bond acceptors (Lipinski definition) is 2. The van der Waals surface area contributed by atoms with Crippen molar-refractivity contribution in [2.24, 2.45) is 0 Å². The van der Waals surface area contributed by atoms with Gasteiger partial charge in [-0.2, -0.15) is 0 Å². The van der Waals surface area contributed by atoms with Gasteiger partial charge >= 0.3 is 0 Å². The standard InChI is InChI=1S/C16H15ClFNO2/c17-12-7-4-8-13(18)15(12)16(21)19-10-9-14(20)11-5-2-1-3-6-11/h1-8,14,20H,9-10H2,(H,19,21). The van der Waals surface area contributed by atoms with Crippen molar-refractivity contribution >= 4 is 17.5 Å². The maximum atomic E-state index is 13.6. The molecule has 0 heterocycles. The highest BCUT2D eigenvalue weighted by Crippen LogP contribution is 2.19. The van der Waals surface area contributed by atoms with Gasteiger partial charge in [0.25, 0.3) is 5.91 Å². The fourth-order valence-corrected chi connectivity index (χ4v) is 2.22. The van der Waals surface area contributed by atoms with Crippen LogP contribution in [0.25, 0.3) is 0 Å². The molecule has 0 saturated carbocycles. The van der Waals surface area contributed by atoms with E-state index in [1.807, 2.05) is 18.2 Å². The zero-order valence-electron chi connectivity index (χ0n) is 11.2. The number of hydrogen-bond donors (Lipinski definition) is 2. The van der Waals surface area contributed by atoms with E-state index >= 15 is 0 Å². The predicted molar refractivity (Wildman–Crippen MR) is 79.8 cm³/mol. The molecule has 0 aromatic heterocycles. The van der Waals surface area contributed by atoms with Gasteiger partial charge < -0.3 is 10.4 Å². The van der Waals surface area contributed by atoms with Crippen LogP contribution in [-0.2, 0) is 0 Å². The van der Waals surface area contributed by atoms with Crippen LogP contribution in [0.4, 0.5) is 4.39 Å². The van der Waals surface area contributed by atoms with Crippen molar-refractivity contribution in [3.05, 3.63) is 70.5 Å². The van der Waals surface area contributed by atoms with Crippen molar-refractivity contribution in [1.82, 2.24) is 5.32 Å². The molecule has 110 valence electrons. The van der Waals surface area contributed by atoms with Crippen LogP contribution in [0.3, 0.4) is 0 Å². The first-order chi connectivity index (χ1) is 10.1. The smallest absolute Gasteiger partial charge is 0.255 e. The minimum absolute atomic E-state index is 0.0658. The van der Waals surface area contributed by atoms with Crippen molar-refractivity contribution in [2.75, 3.05) is 6.54 Å². The summed E-state index contributed by atoms with van der Waals surface area (Å²) in [6.07, 6.45) is -0.343. The number of amides is 1. The maximum Gasteiger partial charge on any atom is 0.255 e. The Morgan fingerprint density at radius 3 is 2.57 bits per heavy atom. The third-order valence-corrected chi connectivity index (χ3v) is 3.39. The molecule has 0 saturated heterocycles. The lowest BCUT2D eigenvalue weighted by molar-refractivity contribution is 0.0939. The second kappa shape index (κ2) is 7.20. The van der Waals surface area contributed by atoms with Gasteiger partial charge in [0.15, 0.2) is 0 Å². The molecule has 0 aliphatic heterocycles. The minimum atomic E-state index is -0.678. The number of nitrogens with one attached hydrogen (secondary N) is 1. The Balaban J connectivity index is 1.90. The highest BCUT2D eigenvalue weighted by molar-refractivity contribution is 6.33. The average molecular weight is 308 g/mol. The van der Waals surface area contributed by atoms with E-state index < -0.39 is 17.8 Å². The summed E-state index contributed by atoms with van der Waals surface area (Å²) in [6.45, 7) is 0.222. The Hall–Kier alpha value is -1.91. The van der Waals surface area contributed by atoms with E-state index in [0.717, 1.165) is 5.56 Å². The summed E-state index contributed by atoms with van der Waals surface area (Å²) in [7, 11) is 0. The number of aliphatic hydroxyl groups excluding tert-OH is 1. The predicted octanol–water partition coefficient (Wildman–Crippen LogP) is 3.33. The quantitative estimate of drug-likeness (QED) is 0.890. The van der Waals surface area contributed by atoms with Crippen LogP contribution in [0.2, 0.25) is 5.02 Å². The first-order valence-electron chi connectivity index (χ1n) is 6.55. The molecule has 5 heteroatoms. The Morgan fingerprint density at radius 1 is 1.19 bits per heavy atom. The van der Waals surface area contributed by atoms with Gasteiger partial charge in [-0.15, -0.1) is 0 Å². The fourth-order valence-electron chi connectivity index (χ4n) is 1.97. The van der Waals surface area contributed by atoms with Gasteiger partial charge in [-0.1, -0.05) is 48.0 Å².